The van der Waals surface area contributed by atoms with E-state index in [2.05, 4.69) is 36.2 Å². The van der Waals surface area contributed by atoms with Gasteiger partial charge in [-0.2, -0.15) is 0 Å². The fourth-order valence-electron chi connectivity index (χ4n) is 2.56. The molecule has 1 saturated heterocycles. The van der Waals surface area contributed by atoms with Crippen LogP contribution in [0.5, 0.6) is 11.5 Å². The minimum Gasteiger partial charge on any atom is -0.493 e. The predicted octanol–water partition coefficient (Wildman–Crippen LogP) is 2.67. The zero-order valence-corrected chi connectivity index (χ0v) is 13.5. The van der Waals surface area contributed by atoms with Crippen molar-refractivity contribution in [2.24, 2.45) is 0 Å². The molecule has 1 aliphatic rings. The van der Waals surface area contributed by atoms with Crippen LogP contribution >= 0.6 is 0 Å². The quantitative estimate of drug-likeness (QED) is 0.799. The van der Waals surface area contributed by atoms with Crippen LogP contribution in [-0.4, -0.2) is 44.3 Å². The van der Waals surface area contributed by atoms with Crippen LogP contribution in [0, 0.1) is 0 Å². The third kappa shape index (κ3) is 5.21. The van der Waals surface area contributed by atoms with Crippen molar-refractivity contribution in [3.63, 3.8) is 0 Å². The van der Waals surface area contributed by atoms with Gasteiger partial charge < -0.3 is 14.8 Å². The Labute approximate surface area is 128 Å². The zero-order valence-electron chi connectivity index (χ0n) is 13.5. The number of hydrogen-bond donors (Lipinski definition) is 1. The summed E-state index contributed by atoms with van der Waals surface area (Å²) >= 11 is 0. The first-order chi connectivity index (χ1) is 10.2. The summed E-state index contributed by atoms with van der Waals surface area (Å²) in [7, 11) is 1.69. The molecule has 1 heterocycles. The number of benzene rings is 1. The summed E-state index contributed by atoms with van der Waals surface area (Å²) in [6, 6.07) is 6.63. The molecule has 0 saturated carbocycles. The van der Waals surface area contributed by atoms with Crippen molar-refractivity contribution in [2.45, 2.75) is 39.3 Å². The highest BCUT2D eigenvalue weighted by Crippen LogP contribution is 2.28. The van der Waals surface area contributed by atoms with E-state index < -0.39 is 0 Å². The number of likely N-dealkylation sites (tertiary alicyclic amines) is 1. The second kappa shape index (κ2) is 8.25. The van der Waals surface area contributed by atoms with Gasteiger partial charge >= 0.3 is 0 Å². The van der Waals surface area contributed by atoms with E-state index >= 15 is 0 Å². The number of ether oxygens (including phenoxy) is 2. The number of hydrogen-bond acceptors (Lipinski definition) is 4. The Hall–Kier alpha value is -1.26. The lowest BCUT2D eigenvalue weighted by Crippen LogP contribution is -2.25. The van der Waals surface area contributed by atoms with E-state index in [1.54, 1.807) is 7.11 Å². The van der Waals surface area contributed by atoms with Gasteiger partial charge in [0, 0.05) is 19.1 Å². The molecule has 4 heteroatoms. The molecule has 0 bridgehead atoms. The van der Waals surface area contributed by atoms with E-state index in [0.717, 1.165) is 31.2 Å². The minimum atomic E-state index is 0.478. The molecule has 118 valence electrons. The Morgan fingerprint density at radius 2 is 1.95 bits per heavy atom. The van der Waals surface area contributed by atoms with Crippen LogP contribution < -0.4 is 14.8 Å². The van der Waals surface area contributed by atoms with Crippen molar-refractivity contribution in [1.82, 2.24) is 10.2 Å². The number of nitrogens with one attached hydrogen (secondary N) is 1. The molecule has 0 radical (unpaired) electrons. The van der Waals surface area contributed by atoms with Crippen molar-refractivity contribution < 1.29 is 9.47 Å². The Morgan fingerprint density at radius 1 is 1.19 bits per heavy atom. The van der Waals surface area contributed by atoms with Gasteiger partial charge in [0.25, 0.3) is 0 Å². The van der Waals surface area contributed by atoms with E-state index in [9.17, 15) is 0 Å². The van der Waals surface area contributed by atoms with Crippen molar-refractivity contribution >= 4 is 0 Å². The lowest BCUT2D eigenvalue weighted by Gasteiger charge is -2.17. The molecule has 0 amide bonds. The van der Waals surface area contributed by atoms with Gasteiger partial charge in [-0.15, -0.1) is 0 Å². The Morgan fingerprint density at radius 3 is 2.62 bits per heavy atom. The third-order valence-electron chi connectivity index (χ3n) is 3.81. The molecule has 0 spiro atoms. The fourth-order valence-corrected chi connectivity index (χ4v) is 2.56. The minimum absolute atomic E-state index is 0.478. The van der Waals surface area contributed by atoms with Crippen molar-refractivity contribution in [2.75, 3.05) is 33.4 Å². The molecule has 1 aromatic carbocycles. The molecule has 0 unspecified atom stereocenters. The Balaban J connectivity index is 1.89. The first-order valence-electron chi connectivity index (χ1n) is 7.94. The molecule has 1 aliphatic heterocycles. The van der Waals surface area contributed by atoms with Crippen molar-refractivity contribution in [3.8, 4) is 11.5 Å². The van der Waals surface area contributed by atoms with Gasteiger partial charge in [-0.3, -0.25) is 4.90 Å². The van der Waals surface area contributed by atoms with Crippen molar-refractivity contribution in [3.05, 3.63) is 23.8 Å². The average molecular weight is 292 g/mol. The highest BCUT2D eigenvalue weighted by Gasteiger charge is 2.12. The molecule has 0 atom stereocenters. The summed E-state index contributed by atoms with van der Waals surface area (Å²) in [4.78, 5) is 2.46. The van der Waals surface area contributed by atoms with Gasteiger partial charge in [-0.05, 0) is 43.6 Å². The molecular formula is C17H28N2O2. The summed E-state index contributed by atoms with van der Waals surface area (Å²) in [5.41, 5.74) is 1.22. The second-order valence-corrected chi connectivity index (χ2v) is 5.92. The standard InChI is InChI=1S/C17H28N2O2/c1-14(2)18-13-15-6-7-16(20-3)17(12-15)21-11-10-19-8-4-5-9-19/h6-7,12,14,18H,4-5,8-11,13H2,1-3H3. The molecule has 0 aromatic heterocycles. The lowest BCUT2D eigenvalue weighted by molar-refractivity contribution is 0.230. The highest BCUT2D eigenvalue weighted by atomic mass is 16.5. The fraction of sp³-hybridized carbons (Fsp3) is 0.647. The monoisotopic (exact) mass is 292 g/mol. The van der Waals surface area contributed by atoms with Crippen LogP contribution in [0.2, 0.25) is 0 Å². The summed E-state index contributed by atoms with van der Waals surface area (Å²) in [5, 5.41) is 3.42. The van der Waals surface area contributed by atoms with Gasteiger partial charge in [-0.1, -0.05) is 19.9 Å². The predicted molar refractivity (Wildman–Crippen MR) is 86.1 cm³/mol. The second-order valence-electron chi connectivity index (χ2n) is 5.92. The van der Waals surface area contributed by atoms with Crippen LogP contribution in [0.4, 0.5) is 0 Å². The molecule has 1 N–H and O–H groups in total. The van der Waals surface area contributed by atoms with Gasteiger partial charge in [0.1, 0.15) is 6.61 Å². The maximum Gasteiger partial charge on any atom is 0.161 e. The van der Waals surface area contributed by atoms with E-state index in [1.165, 1.54) is 31.5 Å². The van der Waals surface area contributed by atoms with Gasteiger partial charge in [0.15, 0.2) is 11.5 Å². The van der Waals surface area contributed by atoms with Gasteiger partial charge in [0.2, 0.25) is 0 Å². The summed E-state index contributed by atoms with van der Waals surface area (Å²) in [5.74, 6) is 1.66. The van der Waals surface area contributed by atoms with E-state index in [-0.39, 0.29) is 0 Å². The third-order valence-corrected chi connectivity index (χ3v) is 3.81. The normalized spacial score (nSPS) is 15.6. The van der Waals surface area contributed by atoms with Gasteiger partial charge in [0.05, 0.1) is 7.11 Å². The molecule has 1 fully saturated rings. The maximum absolute atomic E-state index is 5.94. The Bertz CT molecular complexity index is 429. The number of rotatable bonds is 8. The topological polar surface area (TPSA) is 33.7 Å². The lowest BCUT2D eigenvalue weighted by atomic mass is 10.2. The van der Waals surface area contributed by atoms with Crippen LogP contribution in [-0.2, 0) is 6.54 Å². The molecule has 0 aliphatic carbocycles. The average Bonchev–Trinajstić information content (AvgIpc) is 2.98. The SMILES string of the molecule is COc1ccc(CNC(C)C)cc1OCCN1CCCC1. The first kappa shape index (κ1) is 16.1. The largest absolute Gasteiger partial charge is 0.493 e. The summed E-state index contributed by atoms with van der Waals surface area (Å²) < 4.78 is 11.3. The first-order valence-corrected chi connectivity index (χ1v) is 7.94. The molecule has 1 aromatic rings. The Kier molecular flexibility index (Phi) is 6.33. The zero-order chi connectivity index (χ0) is 15.1. The van der Waals surface area contributed by atoms with Crippen molar-refractivity contribution in [1.29, 1.82) is 0 Å². The van der Waals surface area contributed by atoms with Crippen LogP contribution in [0.15, 0.2) is 18.2 Å². The van der Waals surface area contributed by atoms with Gasteiger partial charge in [-0.25, -0.2) is 0 Å². The molecule has 21 heavy (non-hydrogen) atoms. The van der Waals surface area contributed by atoms with E-state index in [0.29, 0.717) is 6.04 Å². The summed E-state index contributed by atoms with van der Waals surface area (Å²) in [6.45, 7) is 9.28. The van der Waals surface area contributed by atoms with Crippen LogP contribution in [0.25, 0.3) is 0 Å². The molecule has 4 nitrogen and oxygen atoms in total. The van der Waals surface area contributed by atoms with E-state index in [1.807, 2.05) is 6.07 Å². The molecule has 2 rings (SSSR count). The van der Waals surface area contributed by atoms with E-state index in [4.69, 9.17) is 9.47 Å². The smallest absolute Gasteiger partial charge is 0.161 e. The number of methoxy groups -OCH3 is 1. The highest BCUT2D eigenvalue weighted by molar-refractivity contribution is 5.43. The summed E-state index contributed by atoms with van der Waals surface area (Å²) in [6.07, 6.45) is 2.64. The van der Waals surface area contributed by atoms with Crippen LogP contribution in [0.1, 0.15) is 32.3 Å². The maximum atomic E-state index is 5.94. The molecular weight excluding hydrogens is 264 g/mol. The number of nitrogens with zero attached hydrogens (tertiary/aromatic N) is 1. The van der Waals surface area contributed by atoms with Crippen LogP contribution in [0.3, 0.4) is 0 Å².